The Morgan fingerprint density at radius 3 is 2.36 bits per heavy atom. The molecule has 1 aromatic heterocycles. The molecule has 146 valence electrons. The number of rotatable bonds is 7. The first-order valence-electron chi connectivity index (χ1n) is 9.29. The van der Waals surface area contributed by atoms with Gasteiger partial charge in [-0.3, -0.25) is 4.79 Å². The van der Waals surface area contributed by atoms with Gasteiger partial charge < -0.3 is 14.6 Å². The average molecular weight is 379 g/mol. The summed E-state index contributed by atoms with van der Waals surface area (Å²) < 4.78 is 10.5. The third kappa shape index (κ3) is 4.97. The zero-order chi connectivity index (χ0) is 20.1. The van der Waals surface area contributed by atoms with Gasteiger partial charge in [0.05, 0.1) is 0 Å². The third-order valence-electron chi connectivity index (χ3n) is 4.56. The van der Waals surface area contributed by atoms with Crippen molar-refractivity contribution in [2.75, 3.05) is 6.54 Å². The molecule has 2 aromatic carbocycles. The van der Waals surface area contributed by atoms with Crippen LogP contribution in [0.25, 0.3) is 0 Å². The van der Waals surface area contributed by atoms with Crippen LogP contribution >= 0.6 is 0 Å². The Kier molecular flexibility index (Phi) is 6.09. The molecule has 6 heteroatoms. The van der Waals surface area contributed by atoms with Crippen molar-refractivity contribution in [2.45, 2.75) is 40.7 Å². The Bertz CT molecular complexity index is 938. The van der Waals surface area contributed by atoms with E-state index >= 15 is 0 Å². The Hall–Kier alpha value is -3.15. The van der Waals surface area contributed by atoms with Gasteiger partial charge in [-0.2, -0.15) is 4.98 Å². The molecule has 6 nitrogen and oxygen atoms in total. The standard InChI is InChI=1S/C22H25N3O3/c1-14-11-15(2)20(16(3)12-14)9-10-23-22(26)18-5-7-19(8-6-18)27-13-21-24-17(4)28-25-21/h5-8,11-12H,9-10,13H2,1-4H3,(H,23,26). The fourth-order valence-corrected chi connectivity index (χ4v) is 3.26. The Balaban J connectivity index is 1.50. The fourth-order valence-electron chi connectivity index (χ4n) is 3.26. The highest BCUT2D eigenvalue weighted by Gasteiger charge is 2.08. The van der Waals surface area contributed by atoms with Crippen LogP contribution in [-0.2, 0) is 13.0 Å². The molecule has 0 radical (unpaired) electrons. The molecule has 1 amide bonds. The summed E-state index contributed by atoms with van der Waals surface area (Å²) in [5, 5.41) is 6.76. The van der Waals surface area contributed by atoms with Crippen molar-refractivity contribution in [3.05, 3.63) is 75.9 Å². The van der Waals surface area contributed by atoms with Gasteiger partial charge in [-0.1, -0.05) is 22.9 Å². The highest BCUT2D eigenvalue weighted by atomic mass is 16.5. The van der Waals surface area contributed by atoms with Gasteiger partial charge in [-0.05, 0) is 68.1 Å². The number of hydrogen-bond acceptors (Lipinski definition) is 5. The maximum absolute atomic E-state index is 12.4. The monoisotopic (exact) mass is 379 g/mol. The molecule has 0 aliphatic carbocycles. The molecule has 0 unspecified atom stereocenters. The van der Waals surface area contributed by atoms with E-state index in [1.54, 1.807) is 31.2 Å². The van der Waals surface area contributed by atoms with Crippen LogP contribution in [0.3, 0.4) is 0 Å². The molecular weight excluding hydrogens is 354 g/mol. The van der Waals surface area contributed by atoms with Crippen LogP contribution in [-0.4, -0.2) is 22.6 Å². The van der Waals surface area contributed by atoms with Crippen LogP contribution in [0.4, 0.5) is 0 Å². The number of aromatic nitrogens is 2. The first-order chi connectivity index (χ1) is 13.4. The number of carbonyl (C=O) groups excluding carboxylic acids is 1. The summed E-state index contributed by atoms with van der Waals surface area (Å²) in [6, 6.07) is 11.4. The number of carbonyl (C=O) groups is 1. The van der Waals surface area contributed by atoms with E-state index in [-0.39, 0.29) is 12.5 Å². The molecule has 0 aliphatic heterocycles. The Morgan fingerprint density at radius 1 is 1.07 bits per heavy atom. The van der Waals surface area contributed by atoms with Crippen molar-refractivity contribution in [3.63, 3.8) is 0 Å². The minimum atomic E-state index is -0.0947. The Labute approximate surface area is 164 Å². The molecule has 0 saturated carbocycles. The van der Waals surface area contributed by atoms with Gasteiger partial charge in [0.1, 0.15) is 5.75 Å². The van der Waals surface area contributed by atoms with Gasteiger partial charge in [0.15, 0.2) is 6.61 Å². The third-order valence-corrected chi connectivity index (χ3v) is 4.56. The van der Waals surface area contributed by atoms with E-state index in [2.05, 4.69) is 48.4 Å². The molecule has 0 saturated heterocycles. The molecule has 1 heterocycles. The number of nitrogens with zero attached hydrogens (tertiary/aromatic N) is 2. The van der Waals surface area contributed by atoms with Gasteiger partial charge in [0.25, 0.3) is 5.91 Å². The number of amides is 1. The molecule has 3 aromatic rings. The number of ether oxygens (including phenoxy) is 1. The van der Waals surface area contributed by atoms with Crippen LogP contribution in [0.15, 0.2) is 40.9 Å². The predicted molar refractivity (Wildman–Crippen MR) is 106 cm³/mol. The topological polar surface area (TPSA) is 77.2 Å². The fraction of sp³-hybridized carbons (Fsp3) is 0.318. The lowest BCUT2D eigenvalue weighted by atomic mass is 9.97. The zero-order valence-electron chi connectivity index (χ0n) is 16.7. The second kappa shape index (κ2) is 8.69. The van der Waals surface area contributed by atoms with Crippen LogP contribution in [0, 0.1) is 27.7 Å². The molecular formula is C22H25N3O3. The second-order valence-electron chi connectivity index (χ2n) is 6.93. The van der Waals surface area contributed by atoms with E-state index < -0.39 is 0 Å². The van der Waals surface area contributed by atoms with E-state index in [0.29, 0.717) is 29.6 Å². The summed E-state index contributed by atoms with van der Waals surface area (Å²) in [6.45, 7) is 8.88. The maximum atomic E-state index is 12.4. The predicted octanol–water partition coefficient (Wildman–Crippen LogP) is 3.85. The van der Waals surface area contributed by atoms with Gasteiger partial charge in [-0.25, -0.2) is 0 Å². The lowest BCUT2D eigenvalue weighted by Crippen LogP contribution is -2.26. The number of aryl methyl sites for hydroxylation is 4. The lowest BCUT2D eigenvalue weighted by Gasteiger charge is -2.12. The van der Waals surface area contributed by atoms with Crippen molar-refractivity contribution in [1.29, 1.82) is 0 Å². The van der Waals surface area contributed by atoms with E-state index in [1.165, 1.54) is 22.3 Å². The second-order valence-corrected chi connectivity index (χ2v) is 6.93. The van der Waals surface area contributed by atoms with Crippen molar-refractivity contribution in [2.24, 2.45) is 0 Å². The van der Waals surface area contributed by atoms with Crippen molar-refractivity contribution in [3.8, 4) is 5.75 Å². The van der Waals surface area contributed by atoms with Crippen molar-refractivity contribution in [1.82, 2.24) is 15.5 Å². The first-order valence-corrected chi connectivity index (χ1v) is 9.29. The van der Waals surface area contributed by atoms with Crippen LogP contribution < -0.4 is 10.1 Å². The minimum absolute atomic E-state index is 0.0947. The lowest BCUT2D eigenvalue weighted by molar-refractivity contribution is 0.0954. The summed E-state index contributed by atoms with van der Waals surface area (Å²) in [6.07, 6.45) is 0.814. The van der Waals surface area contributed by atoms with E-state index in [4.69, 9.17) is 9.26 Å². The summed E-state index contributed by atoms with van der Waals surface area (Å²) in [5.74, 6) is 1.54. The molecule has 0 fully saturated rings. The molecule has 0 bridgehead atoms. The maximum Gasteiger partial charge on any atom is 0.251 e. The number of hydrogen-bond donors (Lipinski definition) is 1. The number of nitrogens with one attached hydrogen (secondary N) is 1. The molecule has 0 aliphatic rings. The van der Waals surface area contributed by atoms with E-state index in [0.717, 1.165) is 6.42 Å². The van der Waals surface area contributed by atoms with E-state index in [9.17, 15) is 4.79 Å². The van der Waals surface area contributed by atoms with Crippen LogP contribution in [0.2, 0.25) is 0 Å². The zero-order valence-corrected chi connectivity index (χ0v) is 16.7. The highest BCUT2D eigenvalue weighted by Crippen LogP contribution is 2.17. The summed E-state index contributed by atoms with van der Waals surface area (Å²) >= 11 is 0. The van der Waals surface area contributed by atoms with Crippen molar-refractivity contribution < 1.29 is 14.1 Å². The van der Waals surface area contributed by atoms with E-state index in [1.807, 2.05) is 0 Å². The normalized spacial score (nSPS) is 10.7. The van der Waals surface area contributed by atoms with Gasteiger partial charge in [-0.15, -0.1) is 0 Å². The minimum Gasteiger partial charge on any atom is -0.485 e. The largest absolute Gasteiger partial charge is 0.485 e. The summed E-state index contributed by atoms with van der Waals surface area (Å²) in [4.78, 5) is 16.4. The molecule has 28 heavy (non-hydrogen) atoms. The summed E-state index contributed by atoms with van der Waals surface area (Å²) in [5.41, 5.74) is 5.70. The van der Waals surface area contributed by atoms with Gasteiger partial charge in [0.2, 0.25) is 11.7 Å². The van der Waals surface area contributed by atoms with Gasteiger partial charge in [0, 0.05) is 19.0 Å². The summed E-state index contributed by atoms with van der Waals surface area (Å²) in [7, 11) is 0. The molecule has 0 spiro atoms. The molecule has 3 rings (SSSR count). The first kappa shape index (κ1) is 19.6. The molecule has 0 atom stereocenters. The Morgan fingerprint density at radius 2 is 1.75 bits per heavy atom. The smallest absolute Gasteiger partial charge is 0.251 e. The van der Waals surface area contributed by atoms with Crippen molar-refractivity contribution >= 4 is 5.91 Å². The SMILES string of the molecule is Cc1cc(C)c(CCNC(=O)c2ccc(OCc3noc(C)n3)cc2)c(C)c1. The quantitative estimate of drug-likeness (QED) is 0.675. The van der Waals surface area contributed by atoms with Crippen LogP contribution in [0.1, 0.15) is 44.3 Å². The number of benzene rings is 2. The van der Waals surface area contributed by atoms with Gasteiger partial charge >= 0.3 is 0 Å². The highest BCUT2D eigenvalue weighted by molar-refractivity contribution is 5.94. The van der Waals surface area contributed by atoms with Crippen LogP contribution in [0.5, 0.6) is 5.75 Å². The molecule has 1 N–H and O–H groups in total. The average Bonchev–Trinajstić information content (AvgIpc) is 3.07.